The number of phosphoric acid groups is 1. The van der Waals surface area contributed by atoms with Crippen LogP contribution in [0.4, 0.5) is 0 Å². The van der Waals surface area contributed by atoms with E-state index < -0.39 is 27.0 Å². The van der Waals surface area contributed by atoms with Gasteiger partial charge in [0.15, 0.2) is 0 Å². The summed E-state index contributed by atoms with van der Waals surface area (Å²) in [6.45, 7) is 0. The van der Waals surface area contributed by atoms with Crippen LogP contribution in [0.3, 0.4) is 0 Å². The summed E-state index contributed by atoms with van der Waals surface area (Å²) in [5.74, 6) is 0. The molecule has 1 rings (SSSR count). The summed E-state index contributed by atoms with van der Waals surface area (Å²) in [6.07, 6.45) is 0. The Labute approximate surface area is 52.4 Å². The van der Waals surface area contributed by atoms with Gasteiger partial charge in [-0.15, -0.1) is 0 Å². The molecule has 0 aromatic carbocycles. The Kier molecular flexibility index (Phi) is 1.49. The summed E-state index contributed by atoms with van der Waals surface area (Å²) in [5.41, 5.74) is 0. The average molecular weight is 245 g/mol. The van der Waals surface area contributed by atoms with Crippen molar-refractivity contribution >= 4 is 27.0 Å². The van der Waals surface area contributed by atoms with E-state index in [4.69, 9.17) is 4.89 Å². The van der Waals surface area contributed by atoms with E-state index in [1.165, 1.54) is 0 Å². The first-order chi connectivity index (χ1) is 3.41. The van der Waals surface area contributed by atoms with Crippen LogP contribution in [0.2, 0.25) is 9.88 Å². The van der Waals surface area contributed by atoms with E-state index in [-0.39, 0.29) is 0 Å². The molecule has 0 saturated carbocycles. The second-order valence-electron chi connectivity index (χ2n) is 2.05. The van der Waals surface area contributed by atoms with E-state index in [1.807, 2.05) is 0 Å². The molecule has 1 N–H and O–H groups in total. The Morgan fingerprint density at radius 1 is 1.50 bits per heavy atom. The van der Waals surface area contributed by atoms with Crippen molar-refractivity contribution in [2.45, 2.75) is 9.88 Å². The fourth-order valence-electron chi connectivity index (χ4n) is 0.562. The van der Waals surface area contributed by atoms with Crippen molar-refractivity contribution in [1.82, 2.24) is 0 Å². The van der Waals surface area contributed by atoms with Gasteiger partial charge in [0.1, 0.15) is 0 Å². The predicted molar refractivity (Wildman–Crippen MR) is 29.5 cm³/mol. The van der Waals surface area contributed by atoms with Crippen LogP contribution in [0.1, 0.15) is 0 Å². The molecule has 1 saturated heterocycles. The molecule has 1 fully saturated rings. The van der Waals surface area contributed by atoms with Crippen molar-refractivity contribution in [1.29, 1.82) is 0 Å². The van der Waals surface area contributed by atoms with Gasteiger partial charge in [-0.3, -0.25) is 0 Å². The average Bonchev–Trinajstić information content (AvgIpc) is 1.20. The van der Waals surface area contributed by atoms with Crippen molar-refractivity contribution in [2.75, 3.05) is 0 Å². The van der Waals surface area contributed by atoms with Crippen molar-refractivity contribution < 1.29 is 15.2 Å². The zero-order chi connectivity index (χ0) is 6.41. The zero-order valence-corrected chi connectivity index (χ0v) is 8.37. The van der Waals surface area contributed by atoms with Crippen LogP contribution < -0.4 is 0 Å². The SMILES string of the molecule is [CH3][Sn]1([CH3])[O]P(=O)(O)[O]1. The first-order valence-corrected chi connectivity index (χ1v) is 11.7. The third-order valence-corrected chi connectivity index (χ3v) is 13.5. The summed E-state index contributed by atoms with van der Waals surface area (Å²) in [6, 6.07) is 0. The molecule has 0 radical (unpaired) electrons. The Morgan fingerprint density at radius 3 is 1.88 bits per heavy atom. The maximum absolute atomic E-state index is 10.2. The zero-order valence-electron chi connectivity index (χ0n) is 4.62. The van der Waals surface area contributed by atoms with Gasteiger partial charge in [0.05, 0.1) is 0 Å². The molecule has 0 unspecified atom stereocenters. The molecular formula is C2H7O4PSn. The Bertz CT molecular complexity index is 142. The fourth-order valence-corrected chi connectivity index (χ4v) is 11.3. The van der Waals surface area contributed by atoms with E-state index in [9.17, 15) is 4.57 Å². The van der Waals surface area contributed by atoms with Gasteiger partial charge in [-0.05, 0) is 0 Å². The molecule has 0 aromatic heterocycles. The van der Waals surface area contributed by atoms with Gasteiger partial charge in [-0.2, -0.15) is 0 Å². The van der Waals surface area contributed by atoms with E-state index >= 15 is 0 Å². The molecule has 48 valence electrons. The van der Waals surface area contributed by atoms with Crippen molar-refractivity contribution in [2.24, 2.45) is 0 Å². The first-order valence-electron chi connectivity index (χ1n) is 2.16. The number of hydrogen-bond acceptors (Lipinski definition) is 3. The molecule has 0 aliphatic carbocycles. The van der Waals surface area contributed by atoms with Gasteiger partial charge in [0.2, 0.25) is 0 Å². The van der Waals surface area contributed by atoms with Crippen LogP contribution in [0.25, 0.3) is 0 Å². The first kappa shape index (κ1) is 7.02. The third-order valence-electron chi connectivity index (χ3n) is 0.670. The molecule has 0 atom stereocenters. The molecule has 1 heterocycles. The normalized spacial score (nSPS) is 31.4. The van der Waals surface area contributed by atoms with E-state index in [1.54, 1.807) is 9.88 Å². The fraction of sp³-hybridized carbons (Fsp3) is 1.00. The minimum atomic E-state index is -3.49. The van der Waals surface area contributed by atoms with E-state index in [0.717, 1.165) is 0 Å². The molecule has 0 aromatic rings. The van der Waals surface area contributed by atoms with E-state index in [0.29, 0.717) is 0 Å². The van der Waals surface area contributed by atoms with Gasteiger partial charge >= 0.3 is 52.1 Å². The summed E-state index contributed by atoms with van der Waals surface area (Å²) in [4.78, 5) is 12.0. The molecule has 1 aliphatic rings. The standard InChI is InChI=1S/2CH3.H3O4P.Sn/c;;1-5(2,3)4;/h2*1H3;(H3,1,2,3,4);/q;;;+2/p-2. The minimum absolute atomic E-state index is 1.78. The summed E-state index contributed by atoms with van der Waals surface area (Å²) in [5, 5.41) is 0. The van der Waals surface area contributed by atoms with Gasteiger partial charge in [-0.25, -0.2) is 0 Å². The Morgan fingerprint density at radius 2 is 1.88 bits per heavy atom. The van der Waals surface area contributed by atoms with Crippen molar-refractivity contribution in [3.8, 4) is 0 Å². The summed E-state index contributed by atoms with van der Waals surface area (Å²) >= 11 is -2.74. The molecule has 8 heavy (non-hydrogen) atoms. The quantitative estimate of drug-likeness (QED) is 0.507. The second kappa shape index (κ2) is 1.70. The second-order valence-corrected chi connectivity index (χ2v) is 14.5. The van der Waals surface area contributed by atoms with Crippen LogP contribution in [-0.4, -0.2) is 24.1 Å². The molecule has 0 spiro atoms. The van der Waals surface area contributed by atoms with Crippen molar-refractivity contribution in [3.05, 3.63) is 0 Å². The van der Waals surface area contributed by atoms with Crippen molar-refractivity contribution in [3.63, 3.8) is 0 Å². The van der Waals surface area contributed by atoms with Gasteiger partial charge in [0.25, 0.3) is 0 Å². The molecule has 6 heteroatoms. The van der Waals surface area contributed by atoms with Crippen LogP contribution in [0, 0.1) is 0 Å². The Hall–Kier alpha value is 0.909. The topological polar surface area (TPSA) is 55.8 Å². The molecular weight excluding hydrogens is 238 g/mol. The van der Waals surface area contributed by atoms with Gasteiger partial charge < -0.3 is 0 Å². The van der Waals surface area contributed by atoms with Crippen LogP contribution in [0.5, 0.6) is 0 Å². The van der Waals surface area contributed by atoms with E-state index in [2.05, 4.69) is 5.72 Å². The monoisotopic (exact) mass is 246 g/mol. The summed E-state index contributed by atoms with van der Waals surface area (Å²) < 4.78 is 19.5. The summed E-state index contributed by atoms with van der Waals surface area (Å²) in [7, 11) is -3.49. The Balaban J connectivity index is 2.55. The molecule has 4 nitrogen and oxygen atoms in total. The van der Waals surface area contributed by atoms with Crippen LogP contribution >= 0.6 is 7.82 Å². The molecule has 0 amide bonds. The number of hydrogen-bond donors (Lipinski definition) is 1. The number of rotatable bonds is 0. The molecule has 0 bridgehead atoms. The van der Waals surface area contributed by atoms with Crippen LogP contribution in [-0.2, 0) is 10.3 Å². The van der Waals surface area contributed by atoms with Gasteiger partial charge in [-0.1, -0.05) is 0 Å². The van der Waals surface area contributed by atoms with Gasteiger partial charge in [0, 0.05) is 0 Å². The predicted octanol–water partition coefficient (Wildman–Crippen LogP) is 0.835. The van der Waals surface area contributed by atoms with Crippen LogP contribution in [0.15, 0.2) is 0 Å². The third kappa shape index (κ3) is 1.45. The molecule has 1 aliphatic heterocycles. The maximum atomic E-state index is 10.2.